The molecule has 2 heterocycles. The van der Waals surface area contributed by atoms with Crippen LogP contribution in [0, 0.1) is 6.92 Å². The molecule has 0 spiro atoms. The second-order valence-corrected chi connectivity index (χ2v) is 8.15. The molecule has 0 fully saturated rings. The Morgan fingerprint density at radius 2 is 1.91 bits per heavy atom. The number of nitrogens with one attached hydrogen (secondary N) is 1. The van der Waals surface area contributed by atoms with Gasteiger partial charge in [0.15, 0.2) is 11.0 Å². The number of aryl methyl sites for hydroxylation is 1. The Hall–Kier alpha value is -3.36. The summed E-state index contributed by atoms with van der Waals surface area (Å²) in [6.45, 7) is 2.75. The molecule has 1 N–H and O–H groups in total. The molecule has 4 aromatic rings. The van der Waals surface area contributed by atoms with Gasteiger partial charge in [0, 0.05) is 24.1 Å². The summed E-state index contributed by atoms with van der Waals surface area (Å²) < 4.78 is 12.6. The first kappa shape index (κ1) is 21.9. The Morgan fingerprint density at radius 1 is 1.09 bits per heavy atom. The van der Waals surface area contributed by atoms with E-state index in [0.29, 0.717) is 30.2 Å². The number of carbonyl (C=O) groups is 1. The van der Waals surface area contributed by atoms with E-state index >= 15 is 0 Å². The van der Waals surface area contributed by atoms with Crippen LogP contribution in [0.1, 0.15) is 33.1 Å². The molecular weight excluding hydrogens is 424 g/mol. The highest BCUT2D eigenvalue weighted by molar-refractivity contribution is 7.98. The fourth-order valence-electron chi connectivity index (χ4n) is 3.26. The Balaban J connectivity index is 1.53. The highest BCUT2D eigenvalue weighted by Crippen LogP contribution is 2.27. The molecule has 0 aliphatic heterocycles. The molecule has 7 nitrogen and oxygen atoms in total. The molecule has 164 valence electrons. The maximum atomic E-state index is 12.8. The van der Waals surface area contributed by atoms with Gasteiger partial charge in [0.25, 0.3) is 5.91 Å². The average molecular weight is 449 g/mol. The molecule has 0 saturated carbocycles. The molecule has 2 aromatic carbocycles. The largest absolute Gasteiger partial charge is 0.467 e. The molecule has 2 aromatic heterocycles. The third kappa shape index (κ3) is 5.09. The minimum atomic E-state index is -0.141. The van der Waals surface area contributed by atoms with Crippen molar-refractivity contribution in [2.45, 2.75) is 31.0 Å². The molecule has 4 rings (SSSR count). The van der Waals surface area contributed by atoms with Crippen LogP contribution in [0.15, 0.2) is 76.5 Å². The van der Waals surface area contributed by atoms with Gasteiger partial charge in [-0.25, -0.2) is 0 Å². The minimum Gasteiger partial charge on any atom is -0.467 e. The van der Waals surface area contributed by atoms with Gasteiger partial charge >= 0.3 is 0 Å². The van der Waals surface area contributed by atoms with Crippen LogP contribution < -0.4 is 5.32 Å². The Labute approximate surface area is 190 Å². The monoisotopic (exact) mass is 448 g/mol. The number of furan rings is 1. The van der Waals surface area contributed by atoms with Crippen molar-refractivity contribution in [1.82, 2.24) is 20.1 Å². The first-order valence-electron chi connectivity index (χ1n) is 10.2. The summed E-state index contributed by atoms with van der Waals surface area (Å²) in [7, 11) is 1.64. The number of rotatable bonds is 9. The molecule has 0 unspecified atom stereocenters. The number of amides is 1. The number of benzene rings is 2. The third-order valence-electron chi connectivity index (χ3n) is 4.89. The van der Waals surface area contributed by atoms with Gasteiger partial charge in [0.2, 0.25) is 0 Å². The minimum absolute atomic E-state index is 0.141. The SMILES string of the molecule is COCc1nnc(SCc2ccccc2C(=O)NCc2ccco2)n1-c1ccc(C)cc1. The highest BCUT2D eigenvalue weighted by atomic mass is 32.2. The van der Waals surface area contributed by atoms with Crippen LogP contribution in [-0.2, 0) is 23.6 Å². The summed E-state index contributed by atoms with van der Waals surface area (Å²) in [5, 5.41) is 12.3. The summed E-state index contributed by atoms with van der Waals surface area (Å²) in [5.74, 6) is 1.87. The second-order valence-electron chi connectivity index (χ2n) is 7.21. The van der Waals surface area contributed by atoms with Crippen LogP contribution in [0.5, 0.6) is 0 Å². The van der Waals surface area contributed by atoms with E-state index in [-0.39, 0.29) is 5.91 Å². The molecule has 0 saturated heterocycles. The van der Waals surface area contributed by atoms with E-state index in [2.05, 4.69) is 34.6 Å². The normalized spacial score (nSPS) is 10.9. The Morgan fingerprint density at radius 3 is 2.66 bits per heavy atom. The van der Waals surface area contributed by atoms with Gasteiger partial charge in [-0.2, -0.15) is 0 Å². The molecular formula is C24H24N4O3S. The van der Waals surface area contributed by atoms with Gasteiger partial charge in [-0.05, 0) is 42.8 Å². The molecule has 0 aliphatic rings. The number of thioether (sulfide) groups is 1. The lowest BCUT2D eigenvalue weighted by Crippen LogP contribution is -2.23. The fraction of sp³-hybridized carbons (Fsp3) is 0.208. The molecule has 32 heavy (non-hydrogen) atoms. The van der Waals surface area contributed by atoms with Crippen molar-refractivity contribution < 1.29 is 13.9 Å². The molecule has 0 bridgehead atoms. The lowest BCUT2D eigenvalue weighted by Gasteiger charge is -2.12. The number of methoxy groups -OCH3 is 1. The zero-order chi connectivity index (χ0) is 22.3. The van der Waals surface area contributed by atoms with Crippen molar-refractivity contribution in [2.75, 3.05) is 7.11 Å². The predicted molar refractivity (Wildman–Crippen MR) is 123 cm³/mol. The van der Waals surface area contributed by atoms with E-state index in [1.165, 1.54) is 17.3 Å². The quantitative estimate of drug-likeness (QED) is 0.379. The second kappa shape index (κ2) is 10.3. The Bertz CT molecular complexity index is 1170. The molecule has 0 radical (unpaired) electrons. The maximum absolute atomic E-state index is 12.8. The van der Waals surface area contributed by atoms with Gasteiger partial charge in [-0.1, -0.05) is 47.7 Å². The molecule has 8 heteroatoms. The summed E-state index contributed by atoms with van der Waals surface area (Å²) in [6.07, 6.45) is 1.59. The lowest BCUT2D eigenvalue weighted by molar-refractivity contribution is 0.0947. The zero-order valence-corrected chi connectivity index (χ0v) is 18.8. The summed E-state index contributed by atoms with van der Waals surface area (Å²) >= 11 is 1.53. The van der Waals surface area contributed by atoms with E-state index in [0.717, 1.165) is 22.2 Å². The smallest absolute Gasteiger partial charge is 0.251 e. The van der Waals surface area contributed by atoms with E-state index in [9.17, 15) is 4.79 Å². The van der Waals surface area contributed by atoms with Crippen molar-refractivity contribution in [3.8, 4) is 5.69 Å². The lowest BCUT2D eigenvalue weighted by atomic mass is 10.1. The van der Waals surface area contributed by atoms with Crippen molar-refractivity contribution >= 4 is 17.7 Å². The predicted octanol–water partition coefficient (Wildman–Crippen LogP) is 4.54. The van der Waals surface area contributed by atoms with Gasteiger partial charge in [-0.3, -0.25) is 9.36 Å². The van der Waals surface area contributed by atoms with Crippen LogP contribution in [-0.4, -0.2) is 27.8 Å². The molecule has 0 aliphatic carbocycles. The average Bonchev–Trinajstić information content (AvgIpc) is 3.47. The van der Waals surface area contributed by atoms with Gasteiger partial charge < -0.3 is 14.5 Å². The first-order valence-corrected chi connectivity index (χ1v) is 11.2. The van der Waals surface area contributed by atoms with Gasteiger partial charge in [0.05, 0.1) is 12.8 Å². The van der Waals surface area contributed by atoms with Crippen molar-refractivity contribution in [3.05, 3.63) is 95.2 Å². The van der Waals surface area contributed by atoms with Gasteiger partial charge in [0.1, 0.15) is 12.4 Å². The van der Waals surface area contributed by atoms with E-state index in [1.54, 1.807) is 19.4 Å². The van der Waals surface area contributed by atoms with Crippen LogP contribution in [0.4, 0.5) is 0 Å². The van der Waals surface area contributed by atoms with Crippen molar-refractivity contribution in [3.63, 3.8) is 0 Å². The number of hydrogen-bond acceptors (Lipinski definition) is 6. The number of aromatic nitrogens is 3. The van der Waals surface area contributed by atoms with Crippen LogP contribution in [0.25, 0.3) is 5.69 Å². The van der Waals surface area contributed by atoms with Crippen LogP contribution >= 0.6 is 11.8 Å². The Kier molecular flexibility index (Phi) is 7.03. The highest BCUT2D eigenvalue weighted by Gasteiger charge is 2.17. The number of ether oxygens (including phenoxy) is 1. The van der Waals surface area contributed by atoms with E-state index < -0.39 is 0 Å². The summed E-state index contributed by atoms with van der Waals surface area (Å²) in [5.41, 5.74) is 3.70. The van der Waals surface area contributed by atoms with E-state index in [1.807, 2.05) is 47.0 Å². The maximum Gasteiger partial charge on any atom is 0.251 e. The number of carbonyl (C=O) groups excluding carboxylic acids is 1. The third-order valence-corrected chi connectivity index (χ3v) is 5.87. The standard InChI is InChI=1S/C24H24N4O3S/c1-17-9-11-19(12-10-17)28-22(15-30-2)26-27-24(28)32-16-18-6-3-4-8-21(18)23(29)25-14-20-7-5-13-31-20/h3-13H,14-16H2,1-2H3,(H,25,29). The van der Waals surface area contributed by atoms with Crippen LogP contribution in [0.3, 0.4) is 0 Å². The van der Waals surface area contributed by atoms with Crippen molar-refractivity contribution in [1.29, 1.82) is 0 Å². The van der Waals surface area contributed by atoms with Gasteiger partial charge in [-0.15, -0.1) is 10.2 Å². The van der Waals surface area contributed by atoms with Crippen LogP contribution in [0.2, 0.25) is 0 Å². The zero-order valence-electron chi connectivity index (χ0n) is 17.9. The van der Waals surface area contributed by atoms with Crippen molar-refractivity contribution in [2.24, 2.45) is 0 Å². The summed E-state index contributed by atoms with van der Waals surface area (Å²) in [6, 6.07) is 19.4. The fourth-order valence-corrected chi connectivity index (χ4v) is 4.23. The summed E-state index contributed by atoms with van der Waals surface area (Å²) in [4.78, 5) is 12.8. The molecule has 1 amide bonds. The number of hydrogen-bond donors (Lipinski definition) is 1. The number of nitrogens with zero attached hydrogens (tertiary/aromatic N) is 3. The molecule has 0 atom stereocenters. The van der Waals surface area contributed by atoms with E-state index in [4.69, 9.17) is 9.15 Å². The first-order chi connectivity index (χ1) is 15.7. The topological polar surface area (TPSA) is 82.2 Å².